The van der Waals surface area contributed by atoms with Crippen LogP contribution in [0.5, 0.6) is 5.88 Å². The minimum Gasteiger partial charge on any atom is -0.472 e. The van der Waals surface area contributed by atoms with E-state index in [0.29, 0.717) is 17.9 Å². The first-order chi connectivity index (χ1) is 11.3. The lowest BCUT2D eigenvalue weighted by Gasteiger charge is -2.10. The van der Waals surface area contributed by atoms with Crippen LogP contribution in [0.3, 0.4) is 0 Å². The topological polar surface area (TPSA) is 90.0 Å². The number of hydrogen-bond donors (Lipinski definition) is 1. The minimum absolute atomic E-state index is 0.216. The maximum atomic E-state index is 12.0. The van der Waals surface area contributed by atoms with Gasteiger partial charge in [-0.1, -0.05) is 30.3 Å². The monoisotopic (exact) mass is 310 g/mol. The van der Waals surface area contributed by atoms with E-state index in [1.165, 1.54) is 7.11 Å². The predicted molar refractivity (Wildman–Crippen MR) is 81.7 cm³/mol. The SMILES string of the molecule is COC(=O)c1cc(-c2cn[nH]n2)cnc1OCc1ccccc1. The molecular formula is C16H14N4O3. The van der Waals surface area contributed by atoms with Crippen LogP contribution in [0.15, 0.2) is 48.8 Å². The van der Waals surface area contributed by atoms with Crippen LogP contribution in [-0.4, -0.2) is 33.5 Å². The summed E-state index contributed by atoms with van der Waals surface area (Å²) >= 11 is 0. The molecule has 0 aliphatic rings. The summed E-state index contributed by atoms with van der Waals surface area (Å²) in [4.78, 5) is 16.2. The molecule has 0 radical (unpaired) electrons. The summed E-state index contributed by atoms with van der Waals surface area (Å²) in [7, 11) is 1.31. The molecule has 0 spiro atoms. The number of carbonyl (C=O) groups excluding carboxylic acids is 1. The zero-order valence-electron chi connectivity index (χ0n) is 12.4. The highest BCUT2D eigenvalue weighted by atomic mass is 16.5. The number of pyridine rings is 1. The van der Waals surface area contributed by atoms with Gasteiger partial charge in [0.25, 0.3) is 0 Å². The third-order valence-corrected chi connectivity index (χ3v) is 3.19. The average Bonchev–Trinajstić information content (AvgIpc) is 3.14. The van der Waals surface area contributed by atoms with Crippen molar-refractivity contribution in [1.29, 1.82) is 0 Å². The van der Waals surface area contributed by atoms with Crippen molar-refractivity contribution in [1.82, 2.24) is 20.4 Å². The number of nitrogens with one attached hydrogen (secondary N) is 1. The van der Waals surface area contributed by atoms with E-state index in [9.17, 15) is 4.79 Å². The van der Waals surface area contributed by atoms with Crippen LogP contribution >= 0.6 is 0 Å². The Morgan fingerprint density at radius 1 is 1.22 bits per heavy atom. The summed E-state index contributed by atoms with van der Waals surface area (Å²) in [6.07, 6.45) is 3.12. The van der Waals surface area contributed by atoms with Crippen LogP contribution < -0.4 is 4.74 Å². The predicted octanol–water partition coefficient (Wildman–Crippen LogP) is 2.23. The first-order valence-corrected chi connectivity index (χ1v) is 6.89. The zero-order valence-corrected chi connectivity index (χ0v) is 12.4. The smallest absolute Gasteiger partial charge is 0.343 e. The second-order valence-corrected chi connectivity index (χ2v) is 4.70. The second-order valence-electron chi connectivity index (χ2n) is 4.70. The molecule has 23 heavy (non-hydrogen) atoms. The number of benzene rings is 1. The first kappa shape index (κ1) is 14.7. The number of ether oxygens (including phenoxy) is 2. The van der Waals surface area contributed by atoms with E-state index in [2.05, 4.69) is 20.4 Å². The molecule has 2 aromatic heterocycles. The standard InChI is InChI=1S/C16H14N4O3/c1-22-16(21)13-7-12(14-9-18-20-19-14)8-17-15(13)23-10-11-5-3-2-4-6-11/h2-9H,10H2,1H3,(H,18,19,20). The van der Waals surface area contributed by atoms with Crippen molar-refractivity contribution in [3.63, 3.8) is 0 Å². The molecule has 3 rings (SSSR count). The Morgan fingerprint density at radius 2 is 2.04 bits per heavy atom. The molecule has 116 valence electrons. The summed E-state index contributed by atoms with van der Waals surface area (Å²) in [6, 6.07) is 11.2. The fraction of sp³-hybridized carbons (Fsp3) is 0.125. The summed E-state index contributed by atoms with van der Waals surface area (Å²) in [5.41, 5.74) is 2.44. The highest BCUT2D eigenvalue weighted by molar-refractivity contribution is 5.93. The largest absolute Gasteiger partial charge is 0.472 e. The molecule has 0 saturated heterocycles. The van der Waals surface area contributed by atoms with Crippen molar-refractivity contribution in [2.45, 2.75) is 6.61 Å². The van der Waals surface area contributed by atoms with E-state index in [0.717, 1.165) is 5.56 Å². The van der Waals surface area contributed by atoms with E-state index in [1.807, 2.05) is 30.3 Å². The van der Waals surface area contributed by atoms with Crippen LogP contribution in [0, 0.1) is 0 Å². The van der Waals surface area contributed by atoms with Gasteiger partial charge < -0.3 is 9.47 Å². The molecular weight excluding hydrogens is 296 g/mol. The molecule has 1 N–H and O–H groups in total. The third kappa shape index (κ3) is 3.34. The van der Waals surface area contributed by atoms with Gasteiger partial charge in [-0.05, 0) is 11.6 Å². The van der Waals surface area contributed by atoms with Gasteiger partial charge >= 0.3 is 5.97 Å². The van der Waals surface area contributed by atoms with Crippen molar-refractivity contribution in [2.24, 2.45) is 0 Å². The van der Waals surface area contributed by atoms with E-state index in [1.54, 1.807) is 18.5 Å². The van der Waals surface area contributed by atoms with Crippen LogP contribution in [-0.2, 0) is 11.3 Å². The molecule has 0 unspecified atom stereocenters. The Labute approximate surface area is 132 Å². The van der Waals surface area contributed by atoms with E-state index in [4.69, 9.17) is 9.47 Å². The highest BCUT2D eigenvalue weighted by Crippen LogP contribution is 2.24. The highest BCUT2D eigenvalue weighted by Gasteiger charge is 2.17. The Balaban J connectivity index is 1.88. The average molecular weight is 310 g/mol. The molecule has 1 aromatic carbocycles. The van der Waals surface area contributed by atoms with Crippen molar-refractivity contribution >= 4 is 5.97 Å². The van der Waals surface area contributed by atoms with E-state index in [-0.39, 0.29) is 11.4 Å². The molecule has 7 heteroatoms. The molecule has 0 fully saturated rings. The van der Waals surface area contributed by atoms with Crippen molar-refractivity contribution in [2.75, 3.05) is 7.11 Å². The number of nitrogens with zero attached hydrogens (tertiary/aromatic N) is 3. The Bertz CT molecular complexity index is 788. The van der Waals surface area contributed by atoms with Gasteiger partial charge in [0.2, 0.25) is 5.88 Å². The quantitative estimate of drug-likeness (QED) is 0.727. The molecule has 3 aromatic rings. The van der Waals surface area contributed by atoms with Gasteiger partial charge in [-0.2, -0.15) is 15.4 Å². The van der Waals surface area contributed by atoms with Crippen molar-refractivity contribution in [3.05, 3.63) is 59.9 Å². The molecule has 0 bridgehead atoms. The summed E-state index contributed by atoms with van der Waals surface area (Å²) in [6.45, 7) is 0.307. The molecule has 0 aliphatic heterocycles. The Kier molecular flexibility index (Phi) is 4.28. The van der Waals surface area contributed by atoms with Crippen LogP contribution in [0.2, 0.25) is 0 Å². The number of hydrogen-bond acceptors (Lipinski definition) is 6. The lowest BCUT2D eigenvalue weighted by molar-refractivity contribution is 0.0594. The lowest BCUT2D eigenvalue weighted by atomic mass is 10.1. The molecule has 0 amide bonds. The molecule has 7 nitrogen and oxygen atoms in total. The van der Waals surface area contributed by atoms with Gasteiger partial charge in [0.15, 0.2) is 0 Å². The molecule has 0 atom stereocenters. The summed E-state index contributed by atoms with van der Waals surface area (Å²) in [5.74, 6) is -0.307. The number of methoxy groups -OCH3 is 1. The maximum Gasteiger partial charge on any atom is 0.343 e. The minimum atomic E-state index is -0.522. The second kappa shape index (κ2) is 6.69. The molecule has 0 aliphatic carbocycles. The Hall–Kier alpha value is -3.22. The number of rotatable bonds is 5. The number of H-pyrrole nitrogens is 1. The van der Waals surface area contributed by atoms with Gasteiger partial charge in [-0.3, -0.25) is 0 Å². The maximum absolute atomic E-state index is 12.0. The van der Waals surface area contributed by atoms with E-state index >= 15 is 0 Å². The molecule has 2 heterocycles. The molecule has 0 saturated carbocycles. The van der Waals surface area contributed by atoms with Crippen molar-refractivity contribution < 1.29 is 14.3 Å². The van der Waals surface area contributed by atoms with Gasteiger partial charge in [0, 0.05) is 11.8 Å². The summed E-state index contributed by atoms with van der Waals surface area (Å²) in [5, 5.41) is 10.2. The first-order valence-electron chi connectivity index (χ1n) is 6.89. The van der Waals surface area contributed by atoms with Crippen LogP contribution in [0.4, 0.5) is 0 Å². The van der Waals surface area contributed by atoms with E-state index < -0.39 is 5.97 Å². The van der Waals surface area contributed by atoms with Crippen molar-refractivity contribution in [3.8, 4) is 17.1 Å². The zero-order chi connectivity index (χ0) is 16.1. The van der Waals surface area contributed by atoms with Gasteiger partial charge in [0.05, 0.1) is 13.3 Å². The number of aromatic amines is 1. The Morgan fingerprint density at radius 3 is 2.74 bits per heavy atom. The fourth-order valence-electron chi connectivity index (χ4n) is 2.03. The summed E-state index contributed by atoms with van der Waals surface area (Å²) < 4.78 is 10.5. The van der Waals surface area contributed by atoms with Crippen LogP contribution in [0.1, 0.15) is 15.9 Å². The number of esters is 1. The lowest BCUT2D eigenvalue weighted by Crippen LogP contribution is -2.08. The van der Waals surface area contributed by atoms with Gasteiger partial charge in [0.1, 0.15) is 17.9 Å². The van der Waals surface area contributed by atoms with Crippen LogP contribution in [0.25, 0.3) is 11.3 Å². The fourth-order valence-corrected chi connectivity index (χ4v) is 2.03. The number of carbonyl (C=O) groups is 1. The number of aromatic nitrogens is 4. The normalized spacial score (nSPS) is 10.3. The third-order valence-electron chi connectivity index (χ3n) is 3.19. The van der Waals surface area contributed by atoms with Gasteiger partial charge in [-0.15, -0.1) is 0 Å². The van der Waals surface area contributed by atoms with Gasteiger partial charge in [-0.25, -0.2) is 9.78 Å².